The molecule has 0 radical (unpaired) electrons. The van der Waals surface area contributed by atoms with E-state index in [1.54, 1.807) is 54.6 Å². The summed E-state index contributed by atoms with van der Waals surface area (Å²) in [6.07, 6.45) is -8.96. The zero-order chi connectivity index (χ0) is 45.4. The lowest BCUT2D eigenvalue weighted by Crippen LogP contribution is -2.48. The van der Waals surface area contributed by atoms with Gasteiger partial charge in [0, 0.05) is 23.1 Å². The van der Waals surface area contributed by atoms with Crippen molar-refractivity contribution in [3.8, 4) is 17.2 Å². The van der Waals surface area contributed by atoms with Crippen molar-refractivity contribution in [1.82, 2.24) is 0 Å². The van der Waals surface area contributed by atoms with Crippen molar-refractivity contribution in [2.75, 3.05) is 13.7 Å². The van der Waals surface area contributed by atoms with Gasteiger partial charge in [0.05, 0.1) is 52.2 Å². The van der Waals surface area contributed by atoms with E-state index in [1.165, 1.54) is 55.5 Å². The number of ketones is 2. The Morgan fingerprint density at radius 3 is 1.77 bits per heavy atom. The Hall–Kier alpha value is -7.40. The molecule has 8 rings (SSSR count). The quantitative estimate of drug-likeness (QED) is 0.0717. The van der Waals surface area contributed by atoms with E-state index in [4.69, 9.17) is 28.4 Å². The standard InChI is InChI=1S/C48H40O16/c1-3-48(58)22-29(32-33(36(48)46(57)59-2)40(53)34-35(39(32)52)38(51)31-27(37(34)50)20-13-21-28(31)49)61-47-42(64-45(56)26-18-11-6-12-19-26)41(63-44(55)25-16-9-5-10-17-25)30(62-47)23-60-43(54)24-14-7-4-8-15-24/h4-21,29-30,36,41-42,47,49,52-53,58H,3,22-23H2,1-2H3/t29-,30+,36-,41+,42+,47+,48+/m0/s1. The maximum Gasteiger partial charge on any atom is 0.338 e. The molecule has 16 heteroatoms. The maximum atomic E-state index is 14.1. The molecule has 1 heterocycles. The van der Waals surface area contributed by atoms with Crippen molar-refractivity contribution in [1.29, 1.82) is 0 Å². The van der Waals surface area contributed by atoms with Gasteiger partial charge < -0.3 is 48.8 Å². The molecule has 7 atom stereocenters. The summed E-state index contributed by atoms with van der Waals surface area (Å²) in [7, 11) is 1.03. The summed E-state index contributed by atoms with van der Waals surface area (Å²) in [5.74, 6) is -9.96. The van der Waals surface area contributed by atoms with E-state index in [9.17, 15) is 49.2 Å². The molecule has 16 nitrogen and oxygen atoms in total. The molecule has 5 aromatic carbocycles. The number of phenols is 3. The SMILES string of the molecule is CC[C@@]1(O)C[C@H](O[C@@H]2O[C@H](COC(=O)c3ccccc3)[C@@H](OC(=O)c3ccccc3)[C@H]2OC(=O)c2ccccc2)c2c(O)c3c(c(O)c2[C@H]1C(=O)OC)C(=O)c1cccc(O)c1C3=O. The van der Waals surface area contributed by atoms with E-state index in [2.05, 4.69) is 0 Å². The number of esters is 4. The third-order valence-electron chi connectivity index (χ3n) is 11.7. The summed E-state index contributed by atoms with van der Waals surface area (Å²) in [6, 6.07) is 27.2. The summed E-state index contributed by atoms with van der Waals surface area (Å²) in [5.41, 5.74) is -4.95. The van der Waals surface area contributed by atoms with Crippen LogP contribution in [-0.2, 0) is 33.2 Å². The van der Waals surface area contributed by atoms with Crippen LogP contribution in [0, 0.1) is 0 Å². The van der Waals surface area contributed by atoms with Gasteiger partial charge in [-0.25, -0.2) is 14.4 Å². The number of hydrogen-bond donors (Lipinski definition) is 4. The first-order valence-electron chi connectivity index (χ1n) is 20.2. The van der Waals surface area contributed by atoms with E-state index >= 15 is 0 Å². The Bertz CT molecular complexity index is 2670. The van der Waals surface area contributed by atoms with Crippen LogP contribution in [0.3, 0.4) is 0 Å². The van der Waals surface area contributed by atoms with Crippen LogP contribution >= 0.6 is 0 Å². The number of aromatic hydroxyl groups is 3. The molecule has 3 aliphatic rings. The highest BCUT2D eigenvalue weighted by molar-refractivity contribution is 6.31. The molecule has 0 aromatic heterocycles. The number of ether oxygens (including phenoxy) is 6. The van der Waals surface area contributed by atoms with Crippen LogP contribution in [-0.4, -0.2) is 99.8 Å². The van der Waals surface area contributed by atoms with Gasteiger partial charge in [-0.05, 0) is 48.9 Å². The van der Waals surface area contributed by atoms with Crippen molar-refractivity contribution in [3.63, 3.8) is 0 Å². The molecule has 1 saturated heterocycles. The zero-order valence-corrected chi connectivity index (χ0v) is 34.2. The normalized spacial score (nSPS) is 23.2. The highest BCUT2D eigenvalue weighted by Gasteiger charge is 2.57. The van der Waals surface area contributed by atoms with Gasteiger partial charge in [0.1, 0.15) is 35.9 Å². The predicted molar refractivity (Wildman–Crippen MR) is 220 cm³/mol. The van der Waals surface area contributed by atoms with Crippen molar-refractivity contribution < 1.29 is 77.6 Å². The summed E-state index contributed by atoms with van der Waals surface area (Å²) >= 11 is 0. The average Bonchev–Trinajstić information content (AvgIpc) is 3.62. The number of phenolic OH excluding ortho intramolecular Hbond substituents is 3. The minimum absolute atomic E-state index is 0.0681. The number of benzene rings is 5. The van der Waals surface area contributed by atoms with E-state index in [-0.39, 0.29) is 28.7 Å². The lowest BCUT2D eigenvalue weighted by molar-refractivity contribution is -0.211. The van der Waals surface area contributed by atoms with Crippen LogP contribution in [0.25, 0.3) is 0 Å². The third kappa shape index (κ3) is 7.61. The first-order valence-corrected chi connectivity index (χ1v) is 20.2. The summed E-state index contributed by atoms with van der Waals surface area (Å²) < 4.78 is 35.5. The second kappa shape index (κ2) is 17.4. The largest absolute Gasteiger partial charge is 0.507 e. The Labute approximate surface area is 364 Å². The molecule has 4 N–H and O–H groups in total. The molecule has 2 aliphatic carbocycles. The van der Waals surface area contributed by atoms with Gasteiger partial charge in [-0.3, -0.25) is 14.4 Å². The Kier molecular flexibility index (Phi) is 11.8. The number of aliphatic hydroxyl groups is 1. The molecule has 5 aromatic rings. The smallest absolute Gasteiger partial charge is 0.338 e. The van der Waals surface area contributed by atoms with E-state index in [0.29, 0.717) is 0 Å². The Morgan fingerprint density at radius 1 is 0.672 bits per heavy atom. The maximum absolute atomic E-state index is 14.1. The lowest BCUT2D eigenvalue weighted by atomic mass is 9.66. The fourth-order valence-electron chi connectivity index (χ4n) is 8.49. The number of hydrogen-bond acceptors (Lipinski definition) is 16. The second-order valence-corrected chi connectivity index (χ2v) is 15.4. The summed E-state index contributed by atoms with van der Waals surface area (Å²) in [4.78, 5) is 82.6. The highest BCUT2D eigenvalue weighted by atomic mass is 16.7. The first kappa shape index (κ1) is 43.3. The molecule has 328 valence electrons. The van der Waals surface area contributed by atoms with Gasteiger partial charge >= 0.3 is 23.9 Å². The minimum Gasteiger partial charge on any atom is -0.507 e. The fraction of sp³-hybridized carbons (Fsp3) is 0.250. The number of fused-ring (bicyclic) bond motifs is 3. The Morgan fingerprint density at radius 2 is 1.20 bits per heavy atom. The van der Waals surface area contributed by atoms with E-state index in [1.807, 2.05) is 0 Å². The van der Waals surface area contributed by atoms with Crippen LogP contribution in [0.5, 0.6) is 17.2 Å². The van der Waals surface area contributed by atoms with Crippen LogP contribution in [0.4, 0.5) is 0 Å². The second-order valence-electron chi connectivity index (χ2n) is 15.4. The first-order chi connectivity index (χ1) is 30.8. The van der Waals surface area contributed by atoms with Crippen LogP contribution in [0.15, 0.2) is 109 Å². The molecule has 1 aliphatic heterocycles. The average molecular weight is 873 g/mol. The molecule has 0 spiro atoms. The number of carbonyl (C=O) groups is 6. The third-order valence-corrected chi connectivity index (χ3v) is 11.7. The molecule has 0 bridgehead atoms. The molecule has 0 unspecified atom stereocenters. The molecule has 0 amide bonds. The monoisotopic (exact) mass is 872 g/mol. The van der Waals surface area contributed by atoms with E-state index in [0.717, 1.165) is 13.2 Å². The van der Waals surface area contributed by atoms with Crippen LogP contribution in [0.1, 0.15) is 106 Å². The van der Waals surface area contributed by atoms with Gasteiger partial charge in [0.25, 0.3) is 0 Å². The fourth-order valence-corrected chi connectivity index (χ4v) is 8.49. The number of carbonyl (C=O) groups excluding carboxylic acids is 6. The van der Waals surface area contributed by atoms with Gasteiger partial charge in [-0.1, -0.05) is 73.7 Å². The van der Waals surface area contributed by atoms with Crippen LogP contribution in [0.2, 0.25) is 0 Å². The topological polar surface area (TPSA) is 239 Å². The number of methoxy groups -OCH3 is 1. The minimum atomic E-state index is -2.15. The van der Waals surface area contributed by atoms with Gasteiger partial charge in [-0.15, -0.1) is 0 Å². The van der Waals surface area contributed by atoms with Crippen molar-refractivity contribution in [2.45, 2.75) is 62.0 Å². The molecular weight excluding hydrogens is 833 g/mol. The van der Waals surface area contributed by atoms with Gasteiger partial charge in [-0.2, -0.15) is 0 Å². The Balaban J connectivity index is 1.26. The molecule has 1 fully saturated rings. The van der Waals surface area contributed by atoms with Gasteiger partial charge in [0.15, 0.2) is 24.3 Å². The molecule has 0 saturated carbocycles. The van der Waals surface area contributed by atoms with Crippen molar-refractivity contribution in [2.24, 2.45) is 0 Å². The highest BCUT2D eigenvalue weighted by Crippen LogP contribution is 2.57. The zero-order valence-electron chi connectivity index (χ0n) is 34.2. The van der Waals surface area contributed by atoms with E-state index < -0.39 is 136 Å². The predicted octanol–water partition coefficient (Wildman–Crippen LogP) is 5.47. The van der Waals surface area contributed by atoms with Crippen molar-refractivity contribution in [3.05, 3.63) is 159 Å². The molecular formula is C48H40O16. The summed E-state index contributed by atoms with van der Waals surface area (Å²) in [6.45, 7) is 0.928. The van der Waals surface area contributed by atoms with Gasteiger partial charge in [0.2, 0.25) is 5.78 Å². The molecule has 64 heavy (non-hydrogen) atoms. The lowest BCUT2D eigenvalue weighted by Gasteiger charge is -2.44. The van der Waals surface area contributed by atoms with Crippen molar-refractivity contribution >= 4 is 35.4 Å². The number of rotatable bonds is 11. The summed E-state index contributed by atoms with van der Waals surface area (Å²) in [5, 5.41) is 47.3. The van der Waals surface area contributed by atoms with Crippen LogP contribution < -0.4 is 0 Å².